The Balaban J connectivity index is 1.46. The number of nitrogens with one attached hydrogen (secondary N) is 3. The average Bonchev–Trinajstić information content (AvgIpc) is 3.09. The molecule has 0 aliphatic carbocycles. The second-order valence-electron chi connectivity index (χ2n) is 11.2. The standard InChI is InChI=1S/C34H36Cl2N8O4/c1-19-15-27-28(33(46)44(4)34(47)43(27)3)31(40-19)41-24-13-7-11-22(30(24)36)21-10-6-12-23(29(21)35)25-18-39-26(32(42-25)48-5)17-38-16-20(37-2)9-8-14-45/h6-7,10-15,18,20,37-38H,8-9,16-17H2,1-5H3,(H,40,41). The molecule has 5 rings (SSSR count). The van der Waals surface area contributed by atoms with Crippen LogP contribution in [0.25, 0.3) is 33.3 Å². The molecule has 0 spiro atoms. The molecule has 1 unspecified atom stereocenters. The molecule has 0 saturated heterocycles. The van der Waals surface area contributed by atoms with Crippen molar-refractivity contribution in [2.75, 3.05) is 26.0 Å². The first-order valence-corrected chi connectivity index (χ1v) is 16.0. The number of methoxy groups -OCH3 is 1. The van der Waals surface area contributed by atoms with Gasteiger partial charge in [-0.1, -0.05) is 53.5 Å². The second kappa shape index (κ2) is 15.1. The summed E-state index contributed by atoms with van der Waals surface area (Å²) < 4.78 is 8.04. The molecule has 14 heteroatoms. The molecule has 2 aromatic carbocycles. The summed E-state index contributed by atoms with van der Waals surface area (Å²) in [7, 11) is 6.44. The van der Waals surface area contributed by atoms with Crippen molar-refractivity contribution >= 4 is 51.9 Å². The van der Waals surface area contributed by atoms with Crippen molar-refractivity contribution in [2.45, 2.75) is 32.4 Å². The van der Waals surface area contributed by atoms with Crippen molar-refractivity contribution in [2.24, 2.45) is 14.1 Å². The van der Waals surface area contributed by atoms with E-state index in [-0.39, 0.29) is 17.2 Å². The van der Waals surface area contributed by atoms with Crippen LogP contribution in [0.15, 0.2) is 58.3 Å². The number of pyridine rings is 1. The number of hydrogen-bond donors (Lipinski definition) is 3. The Morgan fingerprint density at radius 3 is 2.42 bits per heavy atom. The van der Waals surface area contributed by atoms with Gasteiger partial charge >= 0.3 is 5.69 Å². The van der Waals surface area contributed by atoms with E-state index in [1.54, 1.807) is 32.3 Å². The van der Waals surface area contributed by atoms with Crippen LogP contribution in [0.3, 0.4) is 0 Å². The Bertz CT molecular complexity index is 2110. The molecule has 0 aliphatic rings. The Kier molecular flexibility index (Phi) is 10.9. The van der Waals surface area contributed by atoms with E-state index in [0.29, 0.717) is 80.4 Å². The maximum absolute atomic E-state index is 13.2. The Hall–Kier alpha value is -4.62. The minimum absolute atomic E-state index is 0.144. The Morgan fingerprint density at radius 2 is 1.71 bits per heavy atom. The number of carbonyl (C=O) groups is 1. The zero-order valence-electron chi connectivity index (χ0n) is 27.2. The minimum atomic E-state index is -0.471. The van der Waals surface area contributed by atoms with E-state index >= 15 is 0 Å². The number of likely N-dealkylation sites (N-methyl/N-ethyl adjacent to an activating group) is 1. The van der Waals surface area contributed by atoms with E-state index in [1.165, 1.54) is 18.7 Å². The number of ether oxygens (including phenoxy) is 1. The zero-order chi connectivity index (χ0) is 34.5. The first-order chi connectivity index (χ1) is 23.1. The van der Waals surface area contributed by atoms with Crippen LogP contribution in [-0.4, -0.2) is 57.1 Å². The molecule has 1 atom stereocenters. The Labute approximate surface area is 287 Å². The smallest absolute Gasteiger partial charge is 0.330 e. The van der Waals surface area contributed by atoms with Gasteiger partial charge in [-0.2, -0.15) is 0 Å². The van der Waals surface area contributed by atoms with Crippen LogP contribution >= 0.6 is 23.2 Å². The van der Waals surface area contributed by atoms with Crippen molar-refractivity contribution < 1.29 is 9.53 Å². The number of aldehydes is 1. The molecule has 0 fully saturated rings. The van der Waals surface area contributed by atoms with Gasteiger partial charge in [0.05, 0.1) is 40.2 Å². The molecule has 0 amide bonds. The molecule has 0 bridgehead atoms. The summed E-state index contributed by atoms with van der Waals surface area (Å²) in [5.41, 5.74) is 3.74. The van der Waals surface area contributed by atoms with Crippen LogP contribution in [0.5, 0.6) is 5.88 Å². The van der Waals surface area contributed by atoms with Gasteiger partial charge in [-0.25, -0.2) is 14.8 Å². The number of rotatable bonds is 13. The van der Waals surface area contributed by atoms with Crippen molar-refractivity contribution in [3.8, 4) is 28.3 Å². The summed E-state index contributed by atoms with van der Waals surface area (Å²) in [6.45, 7) is 2.85. The molecule has 12 nitrogen and oxygen atoms in total. The van der Waals surface area contributed by atoms with Crippen LogP contribution in [0.4, 0.5) is 11.5 Å². The molecule has 48 heavy (non-hydrogen) atoms. The molecule has 0 radical (unpaired) electrons. The summed E-state index contributed by atoms with van der Waals surface area (Å²) in [6, 6.07) is 12.8. The molecule has 5 aromatic rings. The number of nitrogens with zero attached hydrogens (tertiary/aromatic N) is 5. The van der Waals surface area contributed by atoms with Crippen LogP contribution in [0, 0.1) is 6.92 Å². The Morgan fingerprint density at radius 1 is 1.00 bits per heavy atom. The highest BCUT2D eigenvalue weighted by Gasteiger charge is 2.20. The van der Waals surface area contributed by atoms with Gasteiger partial charge in [-0.15, -0.1) is 0 Å². The number of aryl methyl sites for hydroxylation is 2. The quantitative estimate of drug-likeness (QED) is 0.148. The molecule has 0 saturated carbocycles. The monoisotopic (exact) mass is 690 g/mol. The van der Waals surface area contributed by atoms with Crippen LogP contribution in [0.1, 0.15) is 24.2 Å². The third kappa shape index (κ3) is 6.97. The third-order valence-electron chi connectivity index (χ3n) is 8.13. The van der Waals surface area contributed by atoms with Crippen molar-refractivity contribution in [1.82, 2.24) is 34.7 Å². The summed E-state index contributed by atoms with van der Waals surface area (Å²) in [5.74, 6) is 0.639. The van der Waals surface area contributed by atoms with E-state index in [9.17, 15) is 14.4 Å². The number of aromatic nitrogens is 5. The SMILES string of the molecule is CNC(CCC=O)CNCc1ncc(-c2cccc(-c3cccc(Nc4nc(C)cc5c4c(=O)n(C)c(=O)n5C)c3Cl)c2Cl)nc1OC. The maximum atomic E-state index is 13.2. The van der Waals surface area contributed by atoms with Gasteiger partial charge in [0.1, 0.15) is 23.2 Å². The molecular weight excluding hydrogens is 655 g/mol. The van der Waals surface area contributed by atoms with E-state index in [0.717, 1.165) is 17.3 Å². The summed E-state index contributed by atoms with van der Waals surface area (Å²) >= 11 is 14.0. The van der Waals surface area contributed by atoms with Crippen LogP contribution in [-0.2, 0) is 25.4 Å². The molecule has 3 N–H and O–H groups in total. The molecular formula is C34H36Cl2N8O4. The fraction of sp³-hybridized carbons (Fsp3) is 0.294. The number of carbonyl (C=O) groups excluding carboxylic acids is 1. The highest BCUT2D eigenvalue weighted by molar-refractivity contribution is 6.39. The lowest BCUT2D eigenvalue weighted by Crippen LogP contribution is -2.37. The van der Waals surface area contributed by atoms with E-state index in [2.05, 4.69) is 25.9 Å². The highest BCUT2D eigenvalue weighted by atomic mass is 35.5. The van der Waals surface area contributed by atoms with Crippen LogP contribution in [0.2, 0.25) is 10.0 Å². The van der Waals surface area contributed by atoms with Gasteiger partial charge < -0.3 is 25.5 Å². The summed E-state index contributed by atoms with van der Waals surface area (Å²) in [5, 5.41) is 10.8. The van der Waals surface area contributed by atoms with Crippen molar-refractivity contribution in [3.63, 3.8) is 0 Å². The van der Waals surface area contributed by atoms with Gasteiger partial charge in [0.25, 0.3) is 5.56 Å². The van der Waals surface area contributed by atoms with E-state index < -0.39 is 11.2 Å². The summed E-state index contributed by atoms with van der Waals surface area (Å²) in [6.07, 6.45) is 3.78. The lowest BCUT2D eigenvalue weighted by Gasteiger charge is -2.17. The first-order valence-electron chi connectivity index (χ1n) is 15.2. The number of benzene rings is 2. The lowest BCUT2D eigenvalue weighted by molar-refractivity contribution is -0.108. The van der Waals surface area contributed by atoms with E-state index in [4.69, 9.17) is 32.9 Å². The predicted octanol–water partition coefficient (Wildman–Crippen LogP) is 4.78. The van der Waals surface area contributed by atoms with Crippen molar-refractivity contribution in [3.05, 3.63) is 90.9 Å². The second-order valence-corrected chi connectivity index (χ2v) is 12.0. The minimum Gasteiger partial charge on any atom is -0.480 e. The fourth-order valence-electron chi connectivity index (χ4n) is 5.50. The highest BCUT2D eigenvalue weighted by Crippen LogP contribution is 2.42. The lowest BCUT2D eigenvalue weighted by atomic mass is 10.0. The van der Waals surface area contributed by atoms with Gasteiger partial charge in [0.15, 0.2) is 0 Å². The van der Waals surface area contributed by atoms with Crippen LogP contribution < -0.4 is 31.9 Å². The third-order valence-corrected chi connectivity index (χ3v) is 8.94. The number of hydrogen-bond acceptors (Lipinski definition) is 10. The maximum Gasteiger partial charge on any atom is 0.330 e. The number of halogens is 2. The average molecular weight is 692 g/mol. The molecule has 250 valence electrons. The largest absolute Gasteiger partial charge is 0.480 e. The van der Waals surface area contributed by atoms with Gasteiger partial charge in [0.2, 0.25) is 5.88 Å². The topological polar surface area (TPSA) is 145 Å². The predicted molar refractivity (Wildman–Crippen MR) is 190 cm³/mol. The molecule has 0 aliphatic heterocycles. The number of fused-ring (bicyclic) bond motifs is 1. The summed E-state index contributed by atoms with van der Waals surface area (Å²) in [4.78, 5) is 50.4. The normalized spacial score (nSPS) is 11.9. The molecule has 3 heterocycles. The fourth-order valence-corrected chi connectivity index (χ4v) is 6.10. The van der Waals surface area contributed by atoms with Gasteiger partial charge in [0, 0.05) is 62.0 Å². The van der Waals surface area contributed by atoms with Gasteiger partial charge in [-0.3, -0.25) is 18.9 Å². The number of anilines is 2. The first kappa shape index (κ1) is 34.7. The van der Waals surface area contributed by atoms with Gasteiger partial charge in [-0.05, 0) is 32.5 Å². The van der Waals surface area contributed by atoms with E-state index in [1.807, 2.05) is 37.4 Å². The van der Waals surface area contributed by atoms with Crippen molar-refractivity contribution in [1.29, 1.82) is 0 Å². The molecule has 3 aromatic heterocycles. The zero-order valence-corrected chi connectivity index (χ0v) is 28.7.